The molecule has 1 aliphatic rings. The summed E-state index contributed by atoms with van der Waals surface area (Å²) in [6.45, 7) is 3.28. The highest BCUT2D eigenvalue weighted by Crippen LogP contribution is 2.22. The molecule has 1 saturated heterocycles. The van der Waals surface area contributed by atoms with Gasteiger partial charge in [0.15, 0.2) is 11.0 Å². The van der Waals surface area contributed by atoms with Gasteiger partial charge in [0.05, 0.1) is 6.54 Å². The zero-order valence-corrected chi connectivity index (χ0v) is 9.13. The van der Waals surface area contributed by atoms with Crippen molar-refractivity contribution < 1.29 is 18.5 Å². The first-order valence-corrected chi connectivity index (χ1v) is 5.66. The van der Waals surface area contributed by atoms with Crippen LogP contribution in [0.2, 0.25) is 0 Å². The van der Waals surface area contributed by atoms with Gasteiger partial charge in [-0.15, -0.1) is 4.31 Å². The molecule has 0 aromatic rings. The third-order valence-electron chi connectivity index (χ3n) is 2.37. The summed E-state index contributed by atoms with van der Waals surface area (Å²) in [6, 6.07) is 0. The summed E-state index contributed by atoms with van der Waals surface area (Å²) in [5.41, 5.74) is 0. The van der Waals surface area contributed by atoms with Crippen LogP contribution in [-0.2, 0) is 20.0 Å². The Morgan fingerprint density at radius 3 is 2.57 bits per heavy atom. The maximum atomic E-state index is 12.8. The fraction of sp³-hybridized carbons (Fsp3) is 0.875. The monoisotopic (exact) mass is 224 g/mol. The lowest BCUT2D eigenvalue weighted by atomic mass is 10.2. The van der Waals surface area contributed by atoms with Crippen molar-refractivity contribution in [3.63, 3.8) is 0 Å². The lowest BCUT2D eigenvalue weighted by Crippen LogP contribution is -2.44. The van der Waals surface area contributed by atoms with Crippen LogP contribution in [0.25, 0.3) is 0 Å². The predicted octanol–water partition coefficient (Wildman–Crippen LogP) is 0.504. The maximum Gasteiger partial charge on any atom is 0.361 e. The minimum Gasteiger partial charge on any atom is -0.477 e. The molecule has 0 saturated carbocycles. The SMILES string of the molecule is CC(C)(C(=O)O)[SH+](=O)N1CCC(F)C1. The Morgan fingerprint density at radius 1 is 1.64 bits per heavy atom. The fourth-order valence-electron chi connectivity index (χ4n) is 1.30. The number of nitrogens with zero attached hydrogens (tertiary/aromatic N) is 1. The Bertz CT molecular complexity index is 269. The van der Waals surface area contributed by atoms with Gasteiger partial charge in [-0.3, -0.25) is 0 Å². The van der Waals surface area contributed by atoms with Crippen LogP contribution in [0.1, 0.15) is 20.3 Å². The fourth-order valence-corrected chi connectivity index (χ4v) is 2.79. The van der Waals surface area contributed by atoms with Gasteiger partial charge in [0, 0.05) is 6.54 Å². The number of hydrogen-bond acceptors (Lipinski definition) is 2. The second kappa shape index (κ2) is 3.94. The molecule has 0 aromatic carbocycles. The second-order valence-electron chi connectivity index (χ2n) is 3.94. The standard InChI is InChI=1S/C8H14FNO3S/c1-8(2,7(11)12)14(13)10-4-3-6(9)5-10/h6H,3-5H2,1-2H3,(H,11,12)/p+1. The van der Waals surface area contributed by atoms with E-state index in [9.17, 15) is 13.4 Å². The summed E-state index contributed by atoms with van der Waals surface area (Å²) in [4.78, 5) is 10.8. The molecular weight excluding hydrogens is 209 g/mol. The summed E-state index contributed by atoms with van der Waals surface area (Å²) in [5.74, 6) is -1.11. The van der Waals surface area contributed by atoms with Crippen molar-refractivity contribution in [1.29, 1.82) is 0 Å². The second-order valence-corrected chi connectivity index (χ2v) is 6.17. The van der Waals surface area contributed by atoms with Gasteiger partial charge in [0.1, 0.15) is 6.17 Å². The van der Waals surface area contributed by atoms with Gasteiger partial charge in [-0.2, -0.15) is 0 Å². The number of carbonyl (C=O) groups is 1. The van der Waals surface area contributed by atoms with Crippen molar-refractivity contribution in [2.45, 2.75) is 31.2 Å². The molecule has 0 bridgehead atoms. The summed E-state index contributed by atoms with van der Waals surface area (Å²) < 4.78 is 24.7. The molecule has 1 N–H and O–H groups in total. The minimum atomic E-state index is -2.05. The molecule has 1 fully saturated rings. The number of alkyl halides is 1. The van der Waals surface area contributed by atoms with Gasteiger partial charge >= 0.3 is 5.97 Å². The molecule has 4 nitrogen and oxygen atoms in total. The van der Waals surface area contributed by atoms with E-state index in [-0.39, 0.29) is 6.54 Å². The van der Waals surface area contributed by atoms with E-state index in [0.29, 0.717) is 13.0 Å². The molecule has 14 heavy (non-hydrogen) atoms. The molecule has 0 aromatic heterocycles. The molecule has 0 amide bonds. The first-order valence-electron chi connectivity index (χ1n) is 4.45. The highest BCUT2D eigenvalue weighted by Gasteiger charge is 2.46. The third-order valence-corrected chi connectivity index (χ3v) is 4.39. The number of rotatable bonds is 3. The summed E-state index contributed by atoms with van der Waals surface area (Å²) >= 11 is 0. The Morgan fingerprint density at radius 2 is 2.21 bits per heavy atom. The van der Waals surface area contributed by atoms with Crippen LogP contribution < -0.4 is 0 Å². The Balaban J connectivity index is 2.70. The minimum absolute atomic E-state index is 0.0892. The molecule has 0 aliphatic carbocycles. The number of carboxylic acids is 1. The van der Waals surface area contributed by atoms with Crippen molar-refractivity contribution >= 4 is 17.0 Å². The van der Waals surface area contributed by atoms with Gasteiger partial charge in [-0.1, -0.05) is 4.21 Å². The summed E-state index contributed by atoms with van der Waals surface area (Å²) in [5, 5.41) is 8.83. The summed E-state index contributed by atoms with van der Waals surface area (Å²) in [7, 11) is -2.05. The normalized spacial score (nSPS) is 26.4. The average molecular weight is 224 g/mol. The van der Waals surface area contributed by atoms with Crippen LogP contribution in [0.4, 0.5) is 4.39 Å². The van der Waals surface area contributed by atoms with E-state index in [2.05, 4.69) is 0 Å². The third kappa shape index (κ3) is 2.12. The lowest BCUT2D eigenvalue weighted by molar-refractivity contribution is -0.139. The van der Waals surface area contributed by atoms with E-state index in [1.54, 1.807) is 0 Å². The molecule has 1 rings (SSSR count). The molecular formula is C8H15FNO3S+. The van der Waals surface area contributed by atoms with E-state index in [1.165, 1.54) is 18.2 Å². The Kier molecular flexibility index (Phi) is 3.26. The van der Waals surface area contributed by atoms with Crippen LogP contribution >= 0.6 is 0 Å². The maximum absolute atomic E-state index is 12.8. The van der Waals surface area contributed by atoms with Crippen LogP contribution in [0, 0.1) is 0 Å². The molecule has 2 unspecified atom stereocenters. The van der Waals surface area contributed by atoms with Crippen LogP contribution in [0.5, 0.6) is 0 Å². The average Bonchev–Trinajstić information content (AvgIpc) is 2.50. The smallest absolute Gasteiger partial charge is 0.361 e. The summed E-state index contributed by atoms with van der Waals surface area (Å²) in [6.07, 6.45) is -0.630. The molecule has 2 atom stereocenters. The van der Waals surface area contributed by atoms with Gasteiger partial charge in [-0.05, 0) is 20.3 Å². The highest BCUT2D eigenvalue weighted by atomic mass is 32.2. The van der Waals surface area contributed by atoms with E-state index in [4.69, 9.17) is 5.11 Å². The largest absolute Gasteiger partial charge is 0.477 e. The Labute approximate surface area is 84.7 Å². The van der Waals surface area contributed by atoms with Crippen molar-refractivity contribution in [3.8, 4) is 0 Å². The highest BCUT2D eigenvalue weighted by molar-refractivity contribution is 7.84. The van der Waals surface area contributed by atoms with Crippen molar-refractivity contribution in [3.05, 3.63) is 0 Å². The van der Waals surface area contributed by atoms with Gasteiger partial charge < -0.3 is 5.11 Å². The van der Waals surface area contributed by atoms with Gasteiger partial charge in [0.25, 0.3) is 0 Å². The topological polar surface area (TPSA) is 57.6 Å². The van der Waals surface area contributed by atoms with E-state index < -0.39 is 27.9 Å². The van der Waals surface area contributed by atoms with Crippen molar-refractivity contribution in [1.82, 2.24) is 4.31 Å². The number of aliphatic carboxylic acids is 1. The predicted molar refractivity (Wildman–Crippen MR) is 52.2 cm³/mol. The first-order chi connectivity index (χ1) is 6.35. The van der Waals surface area contributed by atoms with Gasteiger partial charge in [-0.25, -0.2) is 9.18 Å². The number of halogens is 1. The zero-order valence-electron chi connectivity index (χ0n) is 8.23. The molecule has 6 heteroatoms. The number of hydrogen-bond donors (Lipinski definition) is 1. The van der Waals surface area contributed by atoms with Crippen molar-refractivity contribution in [2.24, 2.45) is 0 Å². The quantitative estimate of drug-likeness (QED) is 0.561. The number of carboxylic acid groups (broad SMARTS) is 1. The molecule has 1 heterocycles. The molecule has 0 radical (unpaired) electrons. The first kappa shape index (κ1) is 11.6. The van der Waals surface area contributed by atoms with Crippen LogP contribution in [0.15, 0.2) is 0 Å². The van der Waals surface area contributed by atoms with E-state index in [1.807, 2.05) is 0 Å². The van der Waals surface area contributed by atoms with Crippen LogP contribution in [0.3, 0.4) is 0 Å². The Hall–Kier alpha value is -0.490. The molecule has 1 aliphatic heterocycles. The van der Waals surface area contributed by atoms with E-state index in [0.717, 1.165) is 0 Å². The van der Waals surface area contributed by atoms with Crippen molar-refractivity contribution in [2.75, 3.05) is 13.1 Å². The van der Waals surface area contributed by atoms with Gasteiger partial charge in [0.2, 0.25) is 4.75 Å². The van der Waals surface area contributed by atoms with E-state index >= 15 is 0 Å². The molecule has 82 valence electrons. The van der Waals surface area contributed by atoms with Crippen LogP contribution in [-0.4, -0.2) is 39.4 Å². The zero-order chi connectivity index (χ0) is 10.9. The number of thiol groups is 1. The molecule has 0 spiro atoms. The lowest BCUT2D eigenvalue weighted by Gasteiger charge is -2.18.